The van der Waals surface area contributed by atoms with Gasteiger partial charge in [-0.05, 0) is 45.3 Å². The van der Waals surface area contributed by atoms with Crippen LogP contribution in [0.2, 0.25) is 0 Å². The molecule has 0 spiro atoms. The lowest BCUT2D eigenvalue weighted by Crippen LogP contribution is -2.22. The van der Waals surface area contributed by atoms with E-state index in [1.807, 2.05) is 19.9 Å². The molecule has 0 saturated heterocycles. The van der Waals surface area contributed by atoms with E-state index in [1.165, 1.54) is 6.08 Å². The molecule has 1 aliphatic rings. The normalized spacial score (nSPS) is 14.4. The average molecular weight is 303 g/mol. The van der Waals surface area contributed by atoms with Gasteiger partial charge in [0.1, 0.15) is 0 Å². The molecule has 0 aromatic rings. The van der Waals surface area contributed by atoms with Crippen LogP contribution in [0.15, 0.2) is 35.2 Å². The zero-order valence-electron chi connectivity index (χ0n) is 13.4. The number of allylic oxidation sites excluding steroid dienone is 3. The maximum atomic E-state index is 11.4. The zero-order valence-corrected chi connectivity index (χ0v) is 13.4. The Balaban J connectivity index is 2.93. The van der Waals surface area contributed by atoms with Gasteiger partial charge in [-0.25, -0.2) is 9.59 Å². The van der Waals surface area contributed by atoms with Crippen LogP contribution in [0, 0.1) is 11.8 Å². The molecule has 0 radical (unpaired) electrons. The molecule has 5 nitrogen and oxygen atoms in total. The molecular weight excluding hydrogens is 282 g/mol. The topological polar surface area (TPSA) is 55.8 Å². The highest BCUT2D eigenvalue weighted by atomic mass is 16.5. The summed E-state index contributed by atoms with van der Waals surface area (Å²) in [6, 6.07) is 0. The van der Waals surface area contributed by atoms with Crippen LogP contribution in [-0.4, -0.2) is 36.6 Å². The van der Waals surface area contributed by atoms with Crippen LogP contribution in [-0.2, 0) is 19.1 Å². The Kier molecular flexibility index (Phi) is 6.97. The second kappa shape index (κ2) is 8.73. The number of carbonyl (C=O) groups excluding carboxylic acids is 2. The van der Waals surface area contributed by atoms with Crippen molar-refractivity contribution in [3.63, 3.8) is 0 Å². The SMILES string of the molecule is CCOC(=O)C#CC1=CC(C)=C(C)CN1/C=C/C(=O)OCC. The van der Waals surface area contributed by atoms with E-state index in [0.29, 0.717) is 18.8 Å². The van der Waals surface area contributed by atoms with E-state index in [4.69, 9.17) is 9.47 Å². The van der Waals surface area contributed by atoms with Gasteiger partial charge in [0.25, 0.3) is 0 Å². The van der Waals surface area contributed by atoms with Crippen LogP contribution in [0.25, 0.3) is 0 Å². The molecule has 0 fully saturated rings. The van der Waals surface area contributed by atoms with Crippen molar-refractivity contribution in [3.8, 4) is 11.8 Å². The Labute approximate surface area is 131 Å². The predicted octanol–water partition coefficient (Wildman–Crippen LogP) is 2.17. The first-order valence-corrected chi connectivity index (χ1v) is 7.16. The van der Waals surface area contributed by atoms with Gasteiger partial charge < -0.3 is 14.4 Å². The van der Waals surface area contributed by atoms with E-state index in [-0.39, 0.29) is 6.61 Å². The van der Waals surface area contributed by atoms with Gasteiger partial charge in [-0.1, -0.05) is 5.57 Å². The molecule has 0 amide bonds. The van der Waals surface area contributed by atoms with Crippen molar-refractivity contribution in [2.75, 3.05) is 19.8 Å². The number of esters is 2. The van der Waals surface area contributed by atoms with Crippen LogP contribution in [0.5, 0.6) is 0 Å². The van der Waals surface area contributed by atoms with Gasteiger partial charge >= 0.3 is 11.9 Å². The molecule has 0 atom stereocenters. The highest BCUT2D eigenvalue weighted by molar-refractivity contribution is 5.89. The van der Waals surface area contributed by atoms with Gasteiger partial charge in [-0.15, -0.1) is 0 Å². The molecule has 0 N–H and O–H groups in total. The molecule has 5 heteroatoms. The Hall–Kier alpha value is -2.48. The first-order chi connectivity index (χ1) is 10.5. The minimum Gasteiger partial charge on any atom is -0.463 e. The molecule has 0 bridgehead atoms. The molecule has 0 aliphatic carbocycles. The molecule has 118 valence electrons. The maximum absolute atomic E-state index is 11.4. The van der Waals surface area contributed by atoms with E-state index in [1.54, 1.807) is 24.9 Å². The van der Waals surface area contributed by atoms with E-state index in [0.717, 1.165) is 11.1 Å². The van der Waals surface area contributed by atoms with Crippen LogP contribution >= 0.6 is 0 Å². The minimum atomic E-state index is -0.568. The summed E-state index contributed by atoms with van der Waals surface area (Å²) in [7, 11) is 0. The van der Waals surface area contributed by atoms with E-state index < -0.39 is 11.9 Å². The predicted molar refractivity (Wildman–Crippen MR) is 83.3 cm³/mol. The van der Waals surface area contributed by atoms with Crippen molar-refractivity contribution < 1.29 is 19.1 Å². The van der Waals surface area contributed by atoms with E-state index >= 15 is 0 Å². The third kappa shape index (κ3) is 5.49. The van der Waals surface area contributed by atoms with Crippen LogP contribution in [0.4, 0.5) is 0 Å². The van der Waals surface area contributed by atoms with Crippen molar-refractivity contribution in [3.05, 3.63) is 35.2 Å². The number of rotatable bonds is 4. The van der Waals surface area contributed by atoms with Crippen molar-refractivity contribution in [2.24, 2.45) is 0 Å². The molecule has 1 heterocycles. The second-order valence-corrected chi connectivity index (χ2v) is 4.66. The summed E-state index contributed by atoms with van der Waals surface area (Å²) in [4.78, 5) is 24.6. The van der Waals surface area contributed by atoms with Crippen LogP contribution in [0.1, 0.15) is 27.7 Å². The van der Waals surface area contributed by atoms with Gasteiger partial charge in [0.2, 0.25) is 0 Å². The van der Waals surface area contributed by atoms with Crippen LogP contribution in [0.3, 0.4) is 0 Å². The van der Waals surface area contributed by atoms with Gasteiger partial charge in [-0.2, -0.15) is 0 Å². The Bertz CT molecular complexity index is 588. The molecule has 1 aliphatic heterocycles. The average Bonchev–Trinajstić information content (AvgIpc) is 2.47. The molecule has 1 rings (SSSR count). The Morgan fingerprint density at radius 3 is 2.59 bits per heavy atom. The lowest BCUT2D eigenvalue weighted by Gasteiger charge is -2.25. The van der Waals surface area contributed by atoms with Crippen molar-refractivity contribution >= 4 is 11.9 Å². The molecular formula is C17H21NO4. The number of nitrogens with zero attached hydrogens (tertiary/aromatic N) is 1. The smallest absolute Gasteiger partial charge is 0.384 e. The molecule has 0 aromatic carbocycles. The van der Waals surface area contributed by atoms with Gasteiger partial charge in [0.15, 0.2) is 0 Å². The maximum Gasteiger partial charge on any atom is 0.384 e. The van der Waals surface area contributed by atoms with Crippen molar-refractivity contribution in [1.29, 1.82) is 0 Å². The largest absolute Gasteiger partial charge is 0.463 e. The first-order valence-electron chi connectivity index (χ1n) is 7.16. The summed E-state index contributed by atoms with van der Waals surface area (Å²) >= 11 is 0. The third-order valence-corrected chi connectivity index (χ3v) is 2.99. The highest BCUT2D eigenvalue weighted by Gasteiger charge is 2.13. The standard InChI is InChI=1S/C17H21NO4/c1-5-21-16(19)8-7-15-11-13(3)14(4)12-18(15)10-9-17(20)22-6-2/h9-11H,5-6,12H2,1-4H3/b10-9+. The van der Waals surface area contributed by atoms with Crippen molar-refractivity contribution in [1.82, 2.24) is 4.90 Å². The lowest BCUT2D eigenvalue weighted by molar-refractivity contribution is -0.137. The van der Waals surface area contributed by atoms with E-state index in [2.05, 4.69) is 11.8 Å². The fourth-order valence-corrected chi connectivity index (χ4v) is 1.74. The number of hydrogen-bond acceptors (Lipinski definition) is 5. The number of hydrogen-bond donors (Lipinski definition) is 0. The van der Waals surface area contributed by atoms with E-state index in [9.17, 15) is 9.59 Å². The van der Waals surface area contributed by atoms with Crippen LogP contribution < -0.4 is 0 Å². The van der Waals surface area contributed by atoms with Gasteiger partial charge in [0, 0.05) is 24.7 Å². The molecule has 0 aromatic heterocycles. The minimum absolute atomic E-state index is 0.289. The van der Waals surface area contributed by atoms with Crippen molar-refractivity contribution in [2.45, 2.75) is 27.7 Å². The highest BCUT2D eigenvalue weighted by Crippen LogP contribution is 2.20. The third-order valence-electron chi connectivity index (χ3n) is 2.99. The molecule has 22 heavy (non-hydrogen) atoms. The number of carbonyl (C=O) groups is 2. The number of ether oxygens (including phenoxy) is 2. The quantitative estimate of drug-likeness (QED) is 0.345. The van der Waals surface area contributed by atoms with Gasteiger partial charge in [0.05, 0.1) is 18.9 Å². The first kappa shape index (κ1) is 17.6. The second-order valence-electron chi connectivity index (χ2n) is 4.66. The molecule has 0 unspecified atom stereocenters. The summed E-state index contributed by atoms with van der Waals surface area (Å²) < 4.78 is 9.64. The van der Waals surface area contributed by atoms with Gasteiger partial charge in [-0.3, -0.25) is 0 Å². The summed E-state index contributed by atoms with van der Waals surface area (Å²) in [5, 5.41) is 0. The fourth-order valence-electron chi connectivity index (χ4n) is 1.74. The summed E-state index contributed by atoms with van der Waals surface area (Å²) in [6.45, 7) is 8.68. The fraction of sp³-hybridized carbons (Fsp3) is 0.412. The Morgan fingerprint density at radius 2 is 1.95 bits per heavy atom. The summed E-state index contributed by atoms with van der Waals surface area (Å²) in [5.74, 6) is 4.24. The zero-order chi connectivity index (χ0) is 16.5. The monoisotopic (exact) mass is 303 g/mol. The molecule has 0 saturated carbocycles. The summed E-state index contributed by atoms with van der Waals surface area (Å²) in [6.07, 6.45) is 4.83. The summed E-state index contributed by atoms with van der Waals surface area (Å²) in [5.41, 5.74) is 2.89. The lowest BCUT2D eigenvalue weighted by atomic mass is 10.1. The Morgan fingerprint density at radius 1 is 1.27 bits per heavy atom.